The van der Waals surface area contributed by atoms with Crippen LogP contribution in [0.2, 0.25) is 0 Å². The number of carbonyl (C=O) groups excluding carboxylic acids is 2. The minimum atomic E-state index is 0.111. The van der Waals surface area contributed by atoms with Gasteiger partial charge in [0.25, 0.3) is 0 Å². The minimum Gasteiger partial charge on any atom is -0.376 e. The summed E-state index contributed by atoms with van der Waals surface area (Å²) >= 11 is 0. The van der Waals surface area contributed by atoms with Crippen LogP contribution in [0.4, 0.5) is 0 Å². The number of amides is 2. The molecule has 0 atom stereocenters. The molecule has 0 aliphatic rings. The third kappa shape index (κ3) is 21.8. The number of nitrogens with one attached hydrogen (secondary N) is 2. The molecule has 0 bridgehead atoms. The smallest absolute Gasteiger partial charge is 0.220 e. The van der Waals surface area contributed by atoms with Crippen molar-refractivity contribution in [2.75, 3.05) is 74.6 Å². The summed E-state index contributed by atoms with van der Waals surface area (Å²) in [5.41, 5.74) is 0. The quantitative estimate of drug-likeness (QED) is 0.219. The third-order valence-corrected chi connectivity index (χ3v) is 5.22. The van der Waals surface area contributed by atoms with Crippen LogP contribution < -0.4 is 10.6 Å². The van der Waals surface area contributed by atoms with E-state index in [1.54, 1.807) is 0 Å². The van der Waals surface area contributed by atoms with Crippen LogP contribution in [0.15, 0.2) is 12.3 Å². The molecule has 0 aromatic rings. The van der Waals surface area contributed by atoms with Gasteiger partial charge in [-0.15, -0.1) is 0 Å². The van der Waals surface area contributed by atoms with E-state index in [0.717, 1.165) is 86.8 Å². The Kier molecular flexibility index (Phi) is 17.2. The summed E-state index contributed by atoms with van der Waals surface area (Å²) in [4.78, 5) is 23.8. The van der Waals surface area contributed by atoms with Gasteiger partial charge in [0.05, 0.1) is 54.6 Å². The van der Waals surface area contributed by atoms with E-state index in [1.165, 1.54) is 0 Å². The molecule has 2 N–H and O–H groups in total. The van der Waals surface area contributed by atoms with Crippen LogP contribution in [0.5, 0.6) is 0 Å². The highest BCUT2D eigenvalue weighted by Gasteiger charge is 2.10. The number of ether oxygens (including phenoxy) is 1. The first-order chi connectivity index (χ1) is 15.1. The van der Waals surface area contributed by atoms with Gasteiger partial charge in [-0.05, 0) is 25.3 Å². The molecule has 7 nitrogen and oxygen atoms in total. The molecule has 0 fully saturated rings. The molecule has 0 aromatic carbocycles. The lowest BCUT2D eigenvalue weighted by Gasteiger charge is -2.24. The zero-order chi connectivity index (χ0) is 24.3. The van der Waals surface area contributed by atoms with Gasteiger partial charge >= 0.3 is 0 Å². The topological polar surface area (TPSA) is 67.4 Å². The van der Waals surface area contributed by atoms with E-state index in [-0.39, 0.29) is 11.8 Å². The summed E-state index contributed by atoms with van der Waals surface area (Å²) in [6.45, 7) is 6.99. The van der Waals surface area contributed by atoms with Crippen molar-refractivity contribution in [3.8, 4) is 0 Å². The summed E-state index contributed by atoms with van der Waals surface area (Å²) in [6, 6.07) is 0. The fraction of sp³-hybridized carbons (Fsp3) is 0.840. The molecule has 0 unspecified atom stereocenters. The molecule has 0 rings (SSSR count). The third-order valence-electron chi connectivity index (χ3n) is 5.22. The second-order valence-corrected chi connectivity index (χ2v) is 10.3. The number of hydrogen-bond donors (Lipinski definition) is 2. The van der Waals surface area contributed by atoms with Crippen LogP contribution in [0.25, 0.3) is 0 Å². The Morgan fingerprint density at radius 2 is 1.38 bits per heavy atom. The maximum absolute atomic E-state index is 12.0. The zero-order valence-corrected chi connectivity index (χ0v) is 21.9. The van der Waals surface area contributed by atoms with E-state index in [2.05, 4.69) is 59.0 Å². The van der Waals surface area contributed by atoms with Gasteiger partial charge in [0.2, 0.25) is 11.8 Å². The van der Waals surface area contributed by atoms with Crippen molar-refractivity contribution in [1.29, 1.82) is 0 Å². The van der Waals surface area contributed by atoms with Crippen molar-refractivity contribution in [1.82, 2.24) is 10.6 Å². The molecular formula is C25H52N4O3+2. The van der Waals surface area contributed by atoms with Gasteiger partial charge in [0, 0.05) is 39.0 Å². The van der Waals surface area contributed by atoms with Crippen LogP contribution in [-0.2, 0) is 14.3 Å². The summed E-state index contributed by atoms with van der Waals surface area (Å²) in [7, 11) is 10.7. The first kappa shape index (κ1) is 30.6. The summed E-state index contributed by atoms with van der Waals surface area (Å²) in [5, 5.41) is 5.97. The molecule has 0 aliphatic carbocycles. The predicted octanol–water partition coefficient (Wildman–Crippen LogP) is 3.06. The highest BCUT2D eigenvalue weighted by atomic mass is 16.5. The number of nitrogens with zero attached hydrogens (tertiary/aromatic N) is 2. The zero-order valence-electron chi connectivity index (χ0n) is 21.9. The Bertz CT molecular complexity index is 528. The molecule has 32 heavy (non-hydrogen) atoms. The van der Waals surface area contributed by atoms with Crippen LogP contribution in [-0.4, -0.2) is 95.4 Å². The van der Waals surface area contributed by atoms with Gasteiger partial charge in [0.1, 0.15) is 6.54 Å². The number of likely N-dealkylation sites (N-methyl/N-ethyl adjacent to an activating group) is 1. The fourth-order valence-electron chi connectivity index (χ4n) is 3.19. The van der Waals surface area contributed by atoms with Gasteiger partial charge in [-0.2, -0.15) is 0 Å². The molecule has 0 aliphatic heterocycles. The molecule has 7 heteroatoms. The summed E-state index contributed by atoms with van der Waals surface area (Å²) < 4.78 is 7.22. The molecule has 0 heterocycles. The van der Waals surface area contributed by atoms with Crippen molar-refractivity contribution in [2.24, 2.45) is 0 Å². The van der Waals surface area contributed by atoms with E-state index in [4.69, 9.17) is 4.74 Å². The van der Waals surface area contributed by atoms with Crippen molar-refractivity contribution in [3.05, 3.63) is 12.3 Å². The number of rotatable bonds is 20. The van der Waals surface area contributed by atoms with Crippen LogP contribution in [0, 0.1) is 0 Å². The van der Waals surface area contributed by atoms with Crippen LogP contribution in [0.1, 0.15) is 64.7 Å². The lowest BCUT2D eigenvalue weighted by Crippen LogP contribution is -2.37. The van der Waals surface area contributed by atoms with Gasteiger partial charge in [-0.3, -0.25) is 9.59 Å². The summed E-state index contributed by atoms with van der Waals surface area (Å²) in [5.74, 6) is 0.272. The Balaban J connectivity index is 3.60. The SMILES string of the molecule is CCCOCC[N+](C)(C)/C=C\CNC(=O)CCCCCCCC(=O)NCCC[N+](C)(C)C. The van der Waals surface area contributed by atoms with Gasteiger partial charge < -0.3 is 24.3 Å². The second kappa shape index (κ2) is 18.0. The van der Waals surface area contributed by atoms with E-state index >= 15 is 0 Å². The van der Waals surface area contributed by atoms with E-state index < -0.39 is 0 Å². The lowest BCUT2D eigenvalue weighted by molar-refractivity contribution is -0.870. The largest absolute Gasteiger partial charge is 0.376 e. The molecule has 2 amide bonds. The lowest BCUT2D eigenvalue weighted by atomic mass is 10.1. The molecule has 0 saturated heterocycles. The number of carbonyl (C=O) groups is 2. The molecule has 0 radical (unpaired) electrons. The number of unbranched alkanes of at least 4 members (excludes halogenated alkanes) is 4. The Hall–Kier alpha value is -1.44. The van der Waals surface area contributed by atoms with Crippen molar-refractivity contribution in [2.45, 2.75) is 64.7 Å². The van der Waals surface area contributed by atoms with Crippen LogP contribution >= 0.6 is 0 Å². The second-order valence-electron chi connectivity index (χ2n) is 10.3. The highest BCUT2D eigenvalue weighted by Crippen LogP contribution is 2.07. The summed E-state index contributed by atoms with van der Waals surface area (Å²) in [6.07, 6.45) is 12.4. The van der Waals surface area contributed by atoms with E-state index in [0.29, 0.717) is 19.4 Å². The Morgan fingerprint density at radius 1 is 0.781 bits per heavy atom. The Labute approximate surface area is 197 Å². The maximum atomic E-state index is 12.0. The molecule has 0 spiro atoms. The average Bonchev–Trinajstić information content (AvgIpc) is 2.70. The minimum absolute atomic E-state index is 0.111. The van der Waals surface area contributed by atoms with Gasteiger partial charge in [-0.1, -0.05) is 26.2 Å². The fourth-order valence-corrected chi connectivity index (χ4v) is 3.19. The molecular weight excluding hydrogens is 404 g/mol. The van der Waals surface area contributed by atoms with E-state index in [1.807, 2.05) is 6.08 Å². The Morgan fingerprint density at radius 3 is 1.97 bits per heavy atom. The normalized spacial score (nSPS) is 12.3. The monoisotopic (exact) mass is 456 g/mol. The standard InChI is InChI=1S/C25H50N4O3/c1-7-22-32-23-21-29(5,6)20-14-18-27-25(31)16-12-10-8-9-11-15-24(30)26-17-13-19-28(2,3)4/h14,20H,7-13,15-19,21-23H2,1-6H3/p+2/b20-14-. The van der Waals surface area contributed by atoms with Crippen molar-refractivity contribution < 1.29 is 23.3 Å². The number of hydrogen-bond acceptors (Lipinski definition) is 3. The van der Waals surface area contributed by atoms with Gasteiger partial charge in [-0.25, -0.2) is 0 Å². The highest BCUT2D eigenvalue weighted by molar-refractivity contribution is 5.76. The first-order valence-electron chi connectivity index (χ1n) is 12.5. The van der Waals surface area contributed by atoms with E-state index in [9.17, 15) is 9.59 Å². The maximum Gasteiger partial charge on any atom is 0.220 e. The molecule has 188 valence electrons. The molecule has 0 aromatic heterocycles. The average molecular weight is 457 g/mol. The van der Waals surface area contributed by atoms with Crippen LogP contribution in [0.3, 0.4) is 0 Å². The number of quaternary nitrogens is 2. The predicted molar refractivity (Wildman–Crippen MR) is 133 cm³/mol. The molecule has 0 saturated carbocycles. The van der Waals surface area contributed by atoms with Gasteiger partial charge in [0.15, 0.2) is 0 Å². The first-order valence-corrected chi connectivity index (χ1v) is 12.5. The van der Waals surface area contributed by atoms with Crippen molar-refractivity contribution >= 4 is 11.8 Å². The van der Waals surface area contributed by atoms with Crippen molar-refractivity contribution in [3.63, 3.8) is 0 Å².